The van der Waals surface area contributed by atoms with E-state index in [1.165, 1.54) is 0 Å². The molecule has 0 aromatic rings. The molecule has 122 valence electrons. The Bertz CT molecular complexity index is 377. The fraction of sp³-hybridized carbons (Fsp3) is 0.786. The van der Waals surface area contributed by atoms with Gasteiger partial charge in [0.05, 0.1) is 0 Å². The molecule has 3 amide bonds. The highest BCUT2D eigenvalue weighted by atomic mass is 16.4. The molecule has 0 saturated heterocycles. The number of aliphatic carboxylic acids is 1. The van der Waals surface area contributed by atoms with E-state index < -0.39 is 23.5 Å². The van der Waals surface area contributed by atoms with Crippen LogP contribution in [0, 0.1) is 5.41 Å². The fourth-order valence-electron chi connectivity index (χ4n) is 1.57. The molecule has 0 aliphatic rings. The first-order valence-electron chi connectivity index (χ1n) is 7.14. The van der Waals surface area contributed by atoms with Crippen LogP contribution in [0.2, 0.25) is 0 Å². The number of carboxylic acid groups (broad SMARTS) is 1. The lowest BCUT2D eigenvalue weighted by Crippen LogP contribution is -2.52. The zero-order chi connectivity index (χ0) is 16.6. The summed E-state index contributed by atoms with van der Waals surface area (Å²) in [6.45, 7) is 9.21. The van der Waals surface area contributed by atoms with Crippen LogP contribution >= 0.6 is 0 Å². The Balaban J connectivity index is 4.16. The first-order chi connectivity index (χ1) is 9.57. The van der Waals surface area contributed by atoms with Crippen LogP contribution in [0.5, 0.6) is 0 Å². The third-order valence-corrected chi connectivity index (χ3v) is 3.05. The van der Waals surface area contributed by atoms with E-state index in [0.717, 1.165) is 6.42 Å². The van der Waals surface area contributed by atoms with Crippen molar-refractivity contribution in [3.05, 3.63) is 0 Å². The van der Waals surface area contributed by atoms with Gasteiger partial charge < -0.3 is 21.1 Å². The lowest BCUT2D eigenvalue weighted by molar-refractivity contribution is -0.141. The number of carbonyl (C=O) groups excluding carboxylic acids is 2. The summed E-state index contributed by atoms with van der Waals surface area (Å²) >= 11 is 0. The van der Waals surface area contributed by atoms with Gasteiger partial charge in [-0.15, -0.1) is 0 Å². The van der Waals surface area contributed by atoms with Gasteiger partial charge in [0.1, 0.15) is 6.04 Å². The smallest absolute Gasteiger partial charge is 0.326 e. The minimum Gasteiger partial charge on any atom is -0.480 e. The molecule has 0 aliphatic heterocycles. The maximum Gasteiger partial charge on any atom is 0.326 e. The average Bonchev–Trinajstić information content (AvgIpc) is 2.33. The van der Waals surface area contributed by atoms with Crippen molar-refractivity contribution in [1.82, 2.24) is 16.0 Å². The van der Waals surface area contributed by atoms with E-state index in [0.29, 0.717) is 0 Å². The van der Waals surface area contributed by atoms with Crippen molar-refractivity contribution in [1.29, 1.82) is 0 Å². The van der Waals surface area contributed by atoms with Gasteiger partial charge in [-0.1, -0.05) is 27.7 Å². The highest BCUT2D eigenvalue weighted by Crippen LogP contribution is 2.19. The van der Waals surface area contributed by atoms with E-state index in [9.17, 15) is 14.4 Å². The van der Waals surface area contributed by atoms with Gasteiger partial charge in [-0.05, 0) is 18.8 Å². The van der Waals surface area contributed by atoms with Crippen molar-refractivity contribution >= 4 is 17.9 Å². The van der Waals surface area contributed by atoms with Crippen molar-refractivity contribution in [2.24, 2.45) is 5.41 Å². The van der Waals surface area contributed by atoms with Crippen molar-refractivity contribution in [3.63, 3.8) is 0 Å². The van der Waals surface area contributed by atoms with E-state index in [4.69, 9.17) is 5.11 Å². The van der Waals surface area contributed by atoms with Crippen LogP contribution in [-0.4, -0.2) is 41.6 Å². The number of urea groups is 1. The zero-order valence-corrected chi connectivity index (χ0v) is 13.4. The molecule has 7 nitrogen and oxygen atoms in total. The Kier molecular flexibility index (Phi) is 7.76. The Morgan fingerprint density at radius 3 is 2.14 bits per heavy atom. The number of amides is 3. The van der Waals surface area contributed by atoms with Crippen molar-refractivity contribution in [3.8, 4) is 0 Å². The molecule has 0 saturated carbocycles. The number of carbonyl (C=O) groups is 3. The molecule has 1 unspecified atom stereocenters. The maximum atomic E-state index is 11.6. The standard InChI is InChI=1S/C14H27N3O4/c1-6-9(2)16-10(18)7-8-15-13(21)17-11(12(19)20)14(3,4)5/h9,11H,6-8H2,1-5H3,(H,16,18)(H,19,20)(H2,15,17,21)/t9?,11-/m0/s1. The van der Waals surface area contributed by atoms with E-state index >= 15 is 0 Å². The summed E-state index contributed by atoms with van der Waals surface area (Å²) in [5.41, 5.74) is -0.600. The molecule has 21 heavy (non-hydrogen) atoms. The summed E-state index contributed by atoms with van der Waals surface area (Å²) in [4.78, 5) is 34.3. The topological polar surface area (TPSA) is 108 Å². The highest BCUT2D eigenvalue weighted by Gasteiger charge is 2.32. The van der Waals surface area contributed by atoms with E-state index in [-0.39, 0.29) is 24.9 Å². The first-order valence-corrected chi connectivity index (χ1v) is 7.14. The predicted molar refractivity (Wildman–Crippen MR) is 79.9 cm³/mol. The molecular weight excluding hydrogens is 274 g/mol. The molecular formula is C14H27N3O4. The number of nitrogens with one attached hydrogen (secondary N) is 3. The third-order valence-electron chi connectivity index (χ3n) is 3.05. The van der Waals surface area contributed by atoms with Crippen LogP contribution in [0.25, 0.3) is 0 Å². The summed E-state index contributed by atoms with van der Waals surface area (Å²) in [6.07, 6.45) is 0.997. The first kappa shape index (κ1) is 19.2. The van der Waals surface area contributed by atoms with Gasteiger partial charge in [0.15, 0.2) is 0 Å². The highest BCUT2D eigenvalue weighted by molar-refractivity contribution is 5.83. The predicted octanol–water partition coefficient (Wildman–Crippen LogP) is 1.09. The maximum absolute atomic E-state index is 11.6. The van der Waals surface area contributed by atoms with Crippen LogP contribution in [0.3, 0.4) is 0 Å². The number of carboxylic acids is 1. The minimum absolute atomic E-state index is 0.101. The lowest BCUT2D eigenvalue weighted by Gasteiger charge is -2.27. The molecule has 2 atom stereocenters. The van der Waals surface area contributed by atoms with Gasteiger partial charge >= 0.3 is 12.0 Å². The van der Waals surface area contributed by atoms with Crippen LogP contribution in [0.4, 0.5) is 4.79 Å². The Morgan fingerprint density at radius 1 is 1.14 bits per heavy atom. The second-order valence-electron chi connectivity index (χ2n) is 6.16. The van der Waals surface area contributed by atoms with Crippen LogP contribution in [-0.2, 0) is 9.59 Å². The number of hydrogen-bond acceptors (Lipinski definition) is 3. The van der Waals surface area contributed by atoms with Gasteiger partial charge in [0.2, 0.25) is 5.91 Å². The summed E-state index contributed by atoms with van der Waals surface area (Å²) in [5.74, 6) is -1.23. The van der Waals surface area contributed by atoms with Gasteiger partial charge in [0.25, 0.3) is 0 Å². The normalized spacial score (nSPS) is 14.0. The van der Waals surface area contributed by atoms with E-state index in [1.54, 1.807) is 20.8 Å². The second-order valence-corrected chi connectivity index (χ2v) is 6.16. The molecule has 0 radical (unpaired) electrons. The van der Waals surface area contributed by atoms with Crippen molar-refractivity contribution in [2.45, 2.75) is 59.5 Å². The van der Waals surface area contributed by atoms with Crippen molar-refractivity contribution < 1.29 is 19.5 Å². The monoisotopic (exact) mass is 301 g/mol. The van der Waals surface area contributed by atoms with Crippen LogP contribution in [0.15, 0.2) is 0 Å². The molecule has 0 aliphatic carbocycles. The Morgan fingerprint density at radius 2 is 1.71 bits per heavy atom. The van der Waals surface area contributed by atoms with Gasteiger partial charge in [-0.3, -0.25) is 4.79 Å². The molecule has 4 N–H and O–H groups in total. The molecule has 0 aromatic heterocycles. The Hall–Kier alpha value is -1.79. The van der Waals surface area contributed by atoms with Gasteiger partial charge in [-0.2, -0.15) is 0 Å². The molecule has 0 heterocycles. The van der Waals surface area contributed by atoms with Crippen molar-refractivity contribution in [2.75, 3.05) is 6.54 Å². The average molecular weight is 301 g/mol. The third kappa shape index (κ3) is 8.16. The molecule has 0 aromatic carbocycles. The summed E-state index contributed by atoms with van der Waals surface area (Å²) in [5, 5.41) is 16.8. The van der Waals surface area contributed by atoms with Gasteiger partial charge in [-0.25, -0.2) is 9.59 Å². The number of hydrogen-bond donors (Lipinski definition) is 4. The van der Waals surface area contributed by atoms with Crippen LogP contribution < -0.4 is 16.0 Å². The van der Waals surface area contributed by atoms with E-state index in [2.05, 4.69) is 16.0 Å². The SMILES string of the molecule is CCC(C)NC(=O)CCNC(=O)N[C@@H](C(=O)O)C(C)(C)C. The molecule has 0 fully saturated rings. The largest absolute Gasteiger partial charge is 0.480 e. The molecule has 0 bridgehead atoms. The quantitative estimate of drug-likeness (QED) is 0.564. The fourth-order valence-corrected chi connectivity index (χ4v) is 1.57. The summed E-state index contributed by atoms with van der Waals surface area (Å²) < 4.78 is 0. The molecule has 7 heteroatoms. The van der Waals surface area contributed by atoms with E-state index in [1.807, 2.05) is 13.8 Å². The number of rotatable bonds is 7. The van der Waals surface area contributed by atoms with Gasteiger partial charge in [0, 0.05) is 19.0 Å². The summed E-state index contributed by atoms with van der Waals surface area (Å²) in [6, 6.07) is -1.48. The lowest BCUT2D eigenvalue weighted by atomic mass is 9.87. The molecule has 0 rings (SSSR count). The summed E-state index contributed by atoms with van der Waals surface area (Å²) in [7, 11) is 0. The second kappa shape index (κ2) is 8.49. The zero-order valence-electron chi connectivity index (χ0n) is 13.4. The Labute approximate surface area is 125 Å². The minimum atomic E-state index is -1.09. The molecule has 0 spiro atoms. The van der Waals surface area contributed by atoms with Crippen LogP contribution in [0.1, 0.15) is 47.5 Å².